The highest BCUT2D eigenvalue weighted by Gasteiger charge is 2.14. The van der Waals surface area contributed by atoms with E-state index in [-0.39, 0.29) is 12.4 Å². The minimum absolute atomic E-state index is 0.0884. The Hall–Kier alpha value is -1.31. The van der Waals surface area contributed by atoms with Gasteiger partial charge in [-0.1, -0.05) is 33.1 Å². The van der Waals surface area contributed by atoms with Crippen LogP contribution in [0.3, 0.4) is 0 Å². The first-order valence-corrected chi connectivity index (χ1v) is 4.40. The fraction of sp³-hybridized carbons (Fsp3) is 0.364. The summed E-state index contributed by atoms with van der Waals surface area (Å²) in [5.74, 6) is 0.769. The van der Waals surface area contributed by atoms with Gasteiger partial charge in [0.15, 0.2) is 5.78 Å². The Morgan fingerprint density at radius 3 is 2.38 bits per heavy atom. The Kier molecular flexibility index (Phi) is 5.60. The molecule has 2 nitrogen and oxygen atoms in total. The number of rotatable bonds is 2. The molecular weight excluding hydrogens is 164 g/mol. The lowest BCUT2D eigenvalue weighted by Gasteiger charge is -2.15. The van der Waals surface area contributed by atoms with Gasteiger partial charge in [-0.15, -0.1) is 0 Å². The first-order chi connectivity index (χ1) is 6.27. The van der Waals surface area contributed by atoms with Crippen molar-refractivity contribution >= 4 is 5.78 Å². The van der Waals surface area contributed by atoms with Crippen LogP contribution in [0, 0.1) is 0 Å². The quantitative estimate of drug-likeness (QED) is 0.653. The molecule has 2 heteroatoms. The number of ether oxygens (including phenoxy) is 1. The van der Waals surface area contributed by atoms with Crippen molar-refractivity contribution < 1.29 is 9.53 Å². The summed E-state index contributed by atoms with van der Waals surface area (Å²) in [4.78, 5) is 10.9. The highest BCUT2D eigenvalue weighted by molar-refractivity contribution is 5.84. The van der Waals surface area contributed by atoms with Crippen LogP contribution in [0.25, 0.3) is 0 Å². The molecule has 0 saturated heterocycles. The summed E-state index contributed by atoms with van der Waals surface area (Å²) in [5, 5.41) is 0. The number of Topliss-reactive ketones (excluding diaryl/α,β-unsaturated/α-hetero) is 1. The van der Waals surface area contributed by atoms with E-state index in [1.807, 2.05) is 13.8 Å². The van der Waals surface area contributed by atoms with Crippen LogP contribution in [0.5, 0.6) is 0 Å². The molecule has 0 fully saturated rings. The number of carbonyl (C=O) groups excluding carboxylic acids is 1. The van der Waals surface area contributed by atoms with E-state index in [1.54, 1.807) is 12.2 Å². The molecule has 72 valence electrons. The van der Waals surface area contributed by atoms with Crippen molar-refractivity contribution in [3.8, 4) is 0 Å². The zero-order valence-electron chi connectivity index (χ0n) is 8.30. The minimum Gasteiger partial charge on any atom is -0.486 e. The van der Waals surface area contributed by atoms with E-state index in [0.717, 1.165) is 5.57 Å². The van der Waals surface area contributed by atoms with Crippen molar-refractivity contribution in [1.82, 2.24) is 0 Å². The SMILES string of the molecule is C=CC1=C(C=C)OCC(=O)C1.CC. The lowest BCUT2D eigenvalue weighted by molar-refractivity contribution is -0.122. The molecule has 1 aliphatic rings. The maximum atomic E-state index is 10.9. The highest BCUT2D eigenvalue weighted by atomic mass is 16.5. The van der Waals surface area contributed by atoms with Gasteiger partial charge in [0, 0.05) is 12.0 Å². The molecule has 1 heterocycles. The molecule has 1 rings (SSSR count). The predicted molar refractivity (Wildman–Crippen MR) is 54.3 cm³/mol. The molecule has 0 aromatic carbocycles. The topological polar surface area (TPSA) is 26.3 Å². The van der Waals surface area contributed by atoms with Gasteiger partial charge in [-0.25, -0.2) is 0 Å². The van der Waals surface area contributed by atoms with Crippen molar-refractivity contribution in [3.63, 3.8) is 0 Å². The Morgan fingerprint density at radius 2 is 1.92 bits per heavy atom. The van der Waals surface area contributed by atoms with Crippen LogP contribution in [0.15, 0.2) is 36.6 Å². The van der Waals surface area contributed by atoms with E-state index in [1.165, 1.54) is 0 Å². The Balaban J connectivity index is 0.000000671. The lowest BCUT2D eigenvalue weighted by Crippen LogP contribution is -2.15. The Labute approximate surface area is 79.6 Å². The standard InChI is InChI=1S/C9H10O2.C2H6/c1-3-7-5-8(10)6-11-9(7)4-2;1-2/h3-4H,1-2,5-6H2;1-2H3. The van der Waals surface area contributed by atoms with Gasteiger partial charge in [0.1, 0.15) is 12.4 Å². The van der Waals surface area contributed by atoms with E-state index in [0.29, 0.717) is 12.2 Å². The third-order valence-electron chi connectivity index (χ3n) is 1.52. The largest absolute Gasteiger partial charge is 0.486 e. The number of hydrogen-bond acceptors (Lipinski definition) is 2. The Bertz CT molecular complexity index is 236. The normalized spacial score (nSPS) is 15.4. The molecule has 0 aliphatic carbocycles. The second-order valence-corrected chi connectivity index (χ2v) is 2.30. The van der Waals surface area contributed by atoms with Crippen LogP contribution in [-0.2, 0) is 9.53 Å². The van der Waals surface area contributed by atoms with E-state index >= 15 is 0 Å². The lowest BCUT2D eigenvalue weighted by atomic mass is 10.1. The molecule has 0 N–H and O–H groups in total. The number of hydrogen-bond donors (Lipinski definition) is 0. The third-order valence-corrected chi connectivity index (χ3v) is 1.52. The summed E-state index contributed by atoms with van der Waals surface area (Å²) < 4.78 is 5.08. The molecule has 13 heavy (non-hydrogen) atoms. The number of ketones is 1. The van der Waals surface area contributed by atoms with Gasteiger partial charge in [0.2, 0.25) is 0 Å². The van der Waals surface area contributed by atoms with Crippen molar-refractivity contribution in [1.29, 1.82) is 0 Å². The zero-order chi connectivity index (χ0) is 10.3. The predicted octanol–water partition coefficient (Wildman–Crippen LogP) is 2.63. The summed E-state index contributed by atoms with van der Waals surface area (Å²) in [6, 6.07) is 0. The van der Waals surface area contributed by atoms with E-state index in [2.05, 4.69) is 13.2 Å². The van der Waals surface area contributed by atoms with Gasteiger partial charge < -0.3 is 4.74 Å². The molecule has 0 radical (unpaired) electrons. The number of allylic oxidation sites excluding steroid dienone is 3. The van der Waals surface area contributed by atoms with E-state index in [4.69, 9.17) is 4.74 Å². The van der Waals surface area contributed by atoms with Crippen molar-refractivity contribution in [3.05, 3.63) is 36.6 Å². The molecule has 0 bridgehead atoms. The van der Waals surface area contributed by atoms with E-state index in [9.17, 15) is 4.79 Å². The van der Waals surface area contributed by atoms with Crippen molar-refractivity contribution in [2.45, 2.75) is 20.3 Å². The minimum atomic E-state index is 0.0884. The van der Waals surface area contributed by atoms with E-state index < -0.39 is 0 Å². The average Bonchev–Trinajstić information content (AvgIpc) is 2.20. The van der Waals surface area contributed by atoms with Crippen LogP contribution in [0.2, 0.25) is 0 Å². The van der Waals surface area contributed by atoms with Gasteiger partial charge >= 0.3 is 0 Å². The monoisotopic (exact) mass is 180 g/mol. The van der Waals surface area contributed by atoms with Gasteiger partial charge in [-0.05, 0) is 6.08 Å². The second kappa shape index (κ2) is 6.23. The molecule has 0 saturated carbocycles. The molecule has 1 aliphatic heterocycles. The van der Waals surface area contributed by atoms with Gasteiger partial charge in [0.05, 0.1) is 0 Å². The molecule has 0 aromatic rings. The molecule has 0 amide bonds. The van der Waals surface area contributed by atoms with Crippen LogP contribution >= 0.6 is 0 Å². The van der Waals surface area contributed by atoms with Crippen LogP contribution in [-0.4, -0.2) is 12.4 Å². The molecule has 0 atom stereocenters. The smallest absolute Gasteiger partial charge is 0.174 e. The first kappa shape index (κ1) is 11.7. The van der Waals surface area contributed by atoms with Gasteiger partial charge in [-0.3, -0.25) is 4.79 Å². The maximum absolute atomic E-state index is 10.9. The third kappa shape index (κ3) is 3.28. The first-order valence-electron chi connectivity index (χ1n) is 4.40. The number of carbonyl (C=O) groups is 1. The molecule has 0 aromatic heterocycles. The van der Waals surface area contributed by atoms with Gasteiger partial charge in [-0.2, -0.15) is 0 Å². The summed E-state index contributed by atoms with van der Waals surface area (Å²) in [7, 11) is 0. The zero-order valence-corrected chi connectivity index (χ0v) is 8.30. The molecule has 0 unspecified atom stereocenters. The van der Waals surface area contributed by atoms with Crippen LogP contribution < -0.4 is 0 Å². The van der Waals surface area contributed by atoms with Crippen LogP contribution in [0.4, 0.5) is 0 Å². The van der Waals surface area contributed by atoms with Crippen molar-refractivity contribution in [2.24, 2.45) is 0 Å². The van der Waals surface area contributed by atoms with Crippen molar-refractivity contribution in [2.75, 3.05) is 6.61 Å². The second-order valence-electron chi connectivity index (χ2n) is 2.30. The summed E-state index contributed by atoms with van der Waals surface area (Å²) in [5.41, 5.74) is 0.830. The summed E-state index contributed by atoms with van der Waals surface area (Å²) in [6.07, 6.45) is 3.66. The molecule has 0 spiro atoms. The van der Waals surface area contributed by atoms with Gasteiger partial charge in [0.25, 0.3) is 0 Å². The summed E-state index contributed by atoms with van der Waals surface area (Å²) >= 11 is 0. The fourth-order valence-corrected chi connectivity index (χ4v) is 0.964. The average molecular weight is 180 g/mol. The Morgan fingerprint density at radius 1 is 1.31 bits per heavy atom. The fourth-order valence-electron chi connectivity index (χ4n) is 0.964. The maximum Gasteiger partial charge on any atom is 0.174 e. The molecular formula is C11H16O2. The van der Waals surface area contributed by atoms with Crippen LogP contribution in [0.1, 0.15) is 20.3 Å². The highest BCUT2D eigenvalue weighted by Crippen LogP contribution is 2.17. The summed E-state index contributed by atoms with van der Waals surface area (Å²) in [6.45, 7) is 11.3.